The third-order valence-corrected chi connectivity index (χ3v) is 5.76. The van der Waals surface area contributed by atoms with Crippen molar-refractivity contribution in [3.63, 3.8) is 0 Å². The van der Waals surface area contributed by atoms with E-state index in [-0.39, 0.29) is 5.75 Å². The number of aryl methyl sites for hydroxylation is 1. The minimum absolute atomic E-state index is 0.219. The lowest BCUT2D eigenvalue weighted by Crippen LogP contribution is -2.31. The summed E-state index contributed by atoms with van der Waals surface area (Å²) in [7, 11) is 2.23. The Balaban J connectivity index is 1.70. The van der Waals surface area contributed by atoms with Crippen molar-refractivity contribution in [2.45, 2.75) is 45.3 Å². The van der Waals surface area contributed by atoms with Gasteiger partial charge in [0.2, 0.25) is 0 Å². The Morgan fingerprint density at radius 1 is 1.15 bits per heavy atom. The number of phenolic OH excluding ortho intramolecular Hbond substituents is 1. The number of rotatable bonds is 7. The van der Waals surface area contributed by atoms with Gasteiger partial charge in [-0.1, -0.05) is 47.5 Å². The first-order valence-electron chi connectivity index (χ1n) is 9.47. The van der Waals surface area contributed by atoms with E-state index in [9.17, 15) is 5.11 Å². The molecule has 1 atom stereocenters. The van der Waals surface area contributed by atoms with Crippen LogP contribution in [0.3, 0.4) is 0 Å². The number of hydrogen-bond acceptors (Lipinski definition) is 3. The van der Waals surface area contributed by atoms with Gasteiger partial charge in [-0.25, -0.2) is 0 Å². The van der Waals surface area contributed by atoms with Crippen molar-refractivity contribution in [3.05, 3.63) is 64.2 Å². The van der Waals surface area contributed by atoms with Crippen LogP contribution in [0, 0.1) is 6.92 Å². The van der Waals surface area contributed by atoms with Gasteiger partial charge in [0, 0.05) is 30.7 Å². The Morgan fingerprint density at radius 2 is 1.92 bits per heavy atom. The number of hydrogen-bond donors (Lipinski definition) is 1. The summed E-state index contributed by atoms with van der Waals surface area (Å²) in [5.41, 5.74) is 3.68. The summed E-state index contributed by atoms with van der Waals surface area (Å²) in [5, 5.41) is 10.2. The molecule has 2 aromatic carbocycles. The van der Waals surface area contributed by atoms with E-state index in [4.69, 9.17) is 11.6 Å². The molecule has 0 saturated carbocycles. The average Bonchev–Trinajstić information content (AvgIpc) is 3.02. The second-order valence-corrected chi connectivity index (χ2v) is 7.94. The molecular formula is C22H29ClN2O. The molecule has 1 unspecified atom stereocenters. The number of halogens is 1. The fourth-order valence-electron chi connectivity index (χ4n) is 3.75. The van der Waals surface area contributed by atoms with Crippen LogP contribution < -0.4 is 0 Å². The molecule has 0 amide bonds. The predicted molar refractivity (Wildman–Crippen MR) is 109 cm³/mol. The first-order chi connectivity index (χ1) is 12.5. The summed E-state index contributed by atoms with van der Waals surface area (Å²) in [6.07, 6.45) is 3.79. The van der Waals surface area contributed by atoms with Crippen molar-refractivity contribution in [2.24, 2.45) is 0 Å². The smallest absolute Gasteiger partial charge is 0.117 e. The van der Waals surface area contributed by atoms with Crippen LogP contribution in [0.4, 0.5) is 0 Å². The minimum atomic E-state index is 0.219. The molecule has 4 heteroatoms. The van der Waals surface area contributed by atoms with Gasteiger partial charge in [-0.2, -0.15) is 0 Å². The van der Waals surface area contributed by atoms with E-state index >= 15 is 0 Å². The molecule has 1 N–H and O–H groups in total. The van der Waals surface area contributed by atoms with Crippen molar-refractivity contribution in [1.29, 1.82) is 0 Å². The van der Waals surface area contributed by atoms with E-state index in [1.807, 2.05) is 6.07 Å². The third kappa shape index (κ3) is 5.23. The highest BCUT2D eigenvalue weighted by Crippen LogP contribution is 2.25. The molecule has 1 aliphatic heterocycles. The maximum atomic E-state index is 9.61. The summed E-state index contributed by atoms with van der Waals surface area (Å²) in [6.45, 7) is 6.08. The number of likely N-dealkylation sites (tertiary alicyclic amines) is 1. The Labute approximate surface area is 162 Å². The first-order valence-corrected chi connectivity index (χ1v) is 9.84. The summed E-state index contributed by atoms with van der Waals surface area (Å²) in [4.78, 5) is 4.95. The molecule has 2 aromatic rings. The van der Waals surface area contributed by atoms with E-state index in [0.29, 0.717) is 11.1 Å². The maximum absolute atomic E-state index is 9.61. The number of nitrogens with zero attached hydrogens (tertiary/aromatic N) is 2. The van der Waals surface area contributed by atoms with Gasteiger partial charge in [-0.05, 0) is 63.0 Å². The minimum Gasteiger partial charge on any atom is -0.508 e. The van der Waals surface area contributed by atoms with Crippen LogP contribution >= 0.6 is 11.6 Å². The highest BCUT2D eigenvalue weighted by atomic mass is 35.5. The van der Waals surface area contributed by atoms with Crippen LogP contribution in [0.5, 0.6) is 5.75 Å². The van der Waals surface area contributed by atoms with Gasteiger partial charge < -0.3 is 10.0 Å². The standard InChI is InChI=1S/C22H29ClN2O/c1-17-5-7-18(8-6-17)15-25(13-11-20-4-3-12-24(20)2)16-19-9-10-21(26)14-22(19)23/h5-10,14,20,26H,3-4,11-13,15-16H2,1-2H3. The zero-order chi connectivity index (χ0) is 18.5. The molecule has 3 nitrogen and oxygen atoms in total. The molecule has 0 aromatic heterocycles. The van der Waals surface area contributed by atoms with E-state index < -0.39 is 0 Å². The Bertz CT molecular complexity index is 717. The Hall–Kier alpha value is -1.55. The van der Waals surface area contributed by atoms with Gasteiger partial charge >= 0.3 is 0 Å². The van der Waals surface area contributed by atoms with E-state index in [0.717, 1.165) is 25.2 Å². The van der Waals surface area contributed by atoms with E-state index in [1.165, 1.54) is 36.9 Å². The molecule has 0 aliphatic carbocycles. The van der Waals surface area contributed by atoms with Crippen molar-refractivity contribution < 1.29 is 5.11 Å². The Kier molecular flexibility index (Phi) is 6.58. The SMILES string of the molecule is Cc1ccc(CN(CCC2CCCN2C)Cc2ccc(O)cc2Cl)cc1. The highest BCUT2D eigenvalue weighted by molar-refractivity contribution is 6.31. The molecule has 0 bridgehead atoms. The molecule has 3 rings (SSSR count). The number of aromatic hydroxyl groups is 1. The molecule has 26 heavy (non-hydrogen) atoms. The van der Waals surface area contributed by atoms with Crippen LogP contribution in [-0.2, 0) is 13.1 Å². The number of benzene rings is 2. The van der Waals surface area contributed by atoms with Gasteiger partial charge in [0.15, 0.2) is 0 Å². The molecule has 1 heterocycles. The van der Waals surface area contributed by atoms with Crippen LogP contribution in [-0.4, -0.2) is 41.1 Å². The molecule has 140 valence electrons. The average molecular weight is 373 g/mol. The van der Waals surface area contributed by atoms with Crippen molar-refractivity contribution in [3.8, 4) is 5.75 Å². The molecule has 0 radical (unpaired) electrons. The van der Waals surface area contributed by atoms with Crippen LogP contribution in [0.2, 0.25) is 5.02 Å². The lowest BCUT2D eigenvalue weighted by atomic mass is 10.1. The summed E-state index contributed by atoms with van der Waals surface area (Å²) in [6, 6.07) is 14.7. The largest absolute Gasteiger partial charge is 0.508 e. The molecule has 1 fully saturated rings. The second kappa shape index (κ2) is 8.90. The van der Waals surface area contributed by atoms with Crippen LogP contribution in [0.15, 0.2) is 42.5 Å². The van der Waals surface area contributed by atoms with Gasteiger partial charge in [-0.3, -0.25) is 4.90 Å². The first kappa shape index (κ1) is 19.2. The van der Waals surface area contributed by atoms with Crippen molar-refractivity contribution >= 4 is 11.6 Å². The normalized spacial score (nSPS) is 17.9. The maximum Gasteiger partial charge on any atom is 0.117 e. The summed E-state index contributed by atoms with van der Waals surface area (Å²) >= 11 is 6.35. The summed E-state index contributed by atoms with van der Waals surface area (Å²) in [5.74, 6) is 0.219. The summed E-state index contributed by atoms with van der Waals surface area (Å²) < 4.78 is 0. The zero-order valence-electron chi connectivity index (χ0n) is 15.8. The quantitative estimate of drug-likeness (QED) is 0.753. The van der Waals surface area contributed by atoms with Crippen molar-refractivity contribution in [2.75, 3.05) is 20.1 Å². The van der Waals surface area contributed by atoms with Gasteiger partial charge in [0.05, 0.1) is 0 Å². The lowest BCUT2D eigenvalue weighted by Gasteiger charge is -2.27. The molecule has 0 spiro atoms. The van der Waals surface area contributed by atoms with Gasteiger partial charge in [0.25, 0.3) is 0 Å². The topological polar surface area (TPSA) is 26.7 Å². The van der Waals surface area contributed by atoms with Crippen LogP contribution in [0.1, 0.15) is 36.0 Å². The highest BCUT2D eigenvalue weighted by Gasteiger charge is 2.21. The van der Waals surface area contributed by atoms with Gasteiger partial charge in [0.1, 0.15) is 5.75 Å². The van der Waals surface area contributed by atoms with Crippen molar-refractivity contribution in [1.82, 2.24) is 9.80 Å². The molecule has 1 aliphatic rings. The third-order valence-electron chi connectivity index (χ3n) is 5.41. The van der Waals surface area contributed by atoms with E-state index in [1.54, 1.807) is 12.1 Å². The number of phenols is 1. The fraction of sp³-hybridized carbons (Fsp3) is 0.455. The molecular weight excluding hydrogens is 344 g/mol. The fourth-order valence-corrected chi connectivity index (χ4v) is 3.98. The Morgan fingerprint density at radius 3 is 2.58 bits per heavy atom. The molecule has 1 saturated heterocycles. The van der Waals surface area contributed by atoms with E-state index in [2.05, 4.69) is 48.0 Å². The monoisotopic (exact) mass is 372 g/mol. The lowest BCUT2D eigenvalue weighted by molar-refractivity contribution is 0.211. The second-order valence-electron chi connectivity index (χ2n) is 7.54. The van der Waals surface area contributed by atoms with Crippen LogP contribution in [0.25, 0.3) is 0 Å². The van der Waals surface area contributed by atoms with Gasteiger partial charge in [-0.15, -0.1) is 0 Å². The predicted octanol–water partition coefficient (Wildman–Crippen LogP) is 4.84. The zero-order valence-corrected chi connectivity index (χ0v) is 16.5.